The summed E-state index contributed by atoms with van der Waals surface area (Å²) in [5.74, 6) is 1.78. The molecule has 0 radical (unpaired) electrons. The molecule has 5 heteroatoms. The molecule has 0 saturated carbocycles. The van der Waals surface area contributed by atoms with Gasteiger partial charge in [0, 0.05) is 16.2 Å². The molecule has 0 aliphatic heterocycles. The van der Waals surface area contributed by atoms with Crippen LogP contribution in [0.1, 0.15) is 42.3 Å². The summed E-state index contributed by atoms with van der Waals surface area (Å²) in [6.07, 6.45) is 4.80. The van der Waals surface area contributed by atoms with Gasteiger partial charge < -0.3 is 5.32 Å². The molecular formula is C19H24N2OS2. The number of thioether (sulfide) groups is 1. The molecule has 1 aromatic carbocycles. The number of benzene rings is 1. The SMILES string of the molecule is Cc1ccc(SCCCC(=O)Nc2nc3c(s2)CC(C)CC3)cc1. The van der Waals surface area contributed by atoms with Crippen LogP contribution < -0.4 is 5.32 Å². The maximum atomic E-state index is 12.1. The number of amides is 1. The van der Waals surface area contributed by atoms with Crippen molar-refractivity contribution in [1.82, 2.24) is 4.98 Å². The van der Waals surface area contributed by atoms with Crippen molar-refractivity contribution in [3.05, 3.63) is 40.4 Å². The number of aryl methyl sites for hydroxylation is 2. The van der Waals surface area contributed by atoms with Crippen LogP contribution in [0.25, 0.3) is 0 Å². The molecule has 0 spiro atoms. The number of aromatic nitrogens is 1. The zero-order chi connectivity index (χ0) is 16.9. The lowest BCUT2D eigenvalue weighted by molar-refractivity contribution is -0.116. The fraction of sp³-hybridized carbons (Fsp3) is 0.474. The van der Waals surface area contributed by atoms with E-state index < -0.39 is 0 Å². The molecular weight excluding hydrogens is 336 g/mol. The Balaban J connectivity index is 1.40. The maximum Gasteiger partial charge on any atom is 0.226 e. The molecule has 1 aromatic heterocycles. The second kappa shape index (κ2) is 8.17. The highest BCUT2D eigenvalue weighted by Crippen LogP contribution is 2.32. The zero-order valence-electron chi connectivity index (χ0n) is 14.3. The minimum Gasteiger partial charge on any atom is -0.302 e. The van der Waals surface area contributed by atoms with Crippen LogP contribution >= 0.6 is 23.1 Å². The van der Waals surface area contributed by atoms with Gasteiger partial charge in [-0.2, -0.15) is 0 Å². The number of nitrogens with zero attached hydrogens (tertiary/aromatic N) is 1. The summed E-state index contributed by atoms with van der Waals surface area (Å²) < 4.78 is 0. The lowest BCUT2D eigenvalue weighted by Crippen LogP contribution is -2.11. The second-order valence-electron chi connectivity index (χ2n) is 6.55. The van der Waals surface area contributed by atoms with Gasteiger partial charge in [-0.15, -0.1) is 23.1 Å². The molecule has 1 heterocycles. The van der Waals surface area contributed by atoms with E-state index in [2.05, 4.69) is 48.4 Å². The molecule has 0 bridgehead atoms. The molecule has 3 nitrogen and oxygen atoms in total. The molecule has 0 saturated heterocycles. The molecule has 1 amide bonds. The summed E-state index contributed by atoms with van der Waals surface area (Å²) in [4.78, 5) is 19.3. The van der Waals surface area contributed by atoms with E-state index in [0.29, 0.717) is 6.42 Å². The Morgan fingerprint density at radius 1 is 1.38 bits per heavy atom. The van der Waals surface area contributed by atoms with Gasteiger partial charge >= 0.3 is 0 Å². The van der Waals surface area contributed by atoms with Gasteiger partial charge in [0.25, 0.3) is 0 Å². The smallest absolute Gasteiger partial charge is 0.226 e. The van der Waals surface area contributed by atoms with Gasteiger partial charge in [-0.3, -0.25) is 4.79 Å². The number of rotatable bonds is 6. The van der Waals surface area contributed by atoms with Crippen LogP contribution in [0.15, 0.2) is 29.2 Å². The number of carbonyl (C=O) groups excluding carboxylic acids is 1. The van der Waals surface area contributed by atoms with E-state index in [-0.39, 0.29) is 5.91 Å². The highest BCUT2D eigenvalue weighted by atomic mass is 32.2. The Morgan fingerprint density at radius 3 is 2.96 bits per heavy atom. The van der Waals surface area contributed by atoms with E-state index in [4.69, 9.17) is 0 Å². The molecule has 0 fully saturated rings. The van der Waals surface area contributed by atoms with E-state index in [9.17, 15) is 4.79 Å². The standard InChI is InChI=1S/C19H24N2OS2/c1-13-5-8-15(9-6-13)23-11-3-4-18(22)21-19-20-16-10-7-14(2)12-17(16)24-19/h5-6,8-9,14H,3-4,7,10-12H2,1-2H3,(H,20,21,22). The summed E-state index contributed by atoms with van der Waals surface area (Å²) in [5.41, 5.74) is 2.47. The average molecular weight is 361 g/mol. The number of hydrogen-bond acceptors (Lipinski definition) is 4. The topological polar surface area (TPSA) is 42.0 Å². The van der Waals surface area contributed by atoms with Gasteiger partial charge in [0.1, 0.15) is 0 Å². The van der Waals surface area contributed by atoms with Gasteiger partial charge in [-0.25, -0.2) is 4.98 Å². The van der Waals surface area contributed by atoms with Gasteiger partial charge in [0.15, 0.2) is 5.13 Å². The largest absolute Gasteiger partial charge is 0.302 e. The number of nitrogens with one attached hydrogen (secondary N) is 1. The monoisotopic (exact) mass is 360 g/mol. The van der Waals surface area contributed by atoms with Crippen LogP contribution in [-0.4, -0.2) is 16.6 Å². The maximum absolute atomic E-state index is 12.1. The van der Waals surface area contributed by atoms with E-state index in [0.717, 1.165) is 36.1 Å². The van der Waals surface area contributed by atoms with E-state index in [1.165, 1.54) is 27.5 Å². The zero-order valence-corrected chi connectivity index (χ0v) is 15.9. The van der Waals surface area contributed by atoms with Gasteiger partial charge in [0.05, 0.1) is 5.69 Å². The number of fused-ring (bicyclic) bond motifs is 1. The Bertz CT molecular complexity index is 694. The highest BCUT2D eigenvalue weighted by Gasteiger charge is 2.20. The van der Waals surface area contributed by atoms with Crippen LogP contribution in [0.4, 0.5) is 5.13 Å². The molecule has 2 aromatic rings. The second-order valence-corrected chi connectivity index (χ2v) is 8.80. The fourth-order valence-corrected chi connectivity index (χ4v) is 4.87. The van der Waals surface area contributed by atoms with Crippen molar-refractivity contribution < 1.29 is 4.79 Å². The third kappa shape index (κ3) is 4.84. The Morgan fingerprint density at radius 2 is 2.17 bits per heavy atom. The first-order valence-electron chi connectivity index (χ1n) is 8.58. The molecule has 1 atom stereocenters. The van der Waals surface area contributed by atoms with Crippen molar-refractivity contribution in [2.24, 2.45) is 5.92 Å². The molecule has 1 aliphatic carbocycles. The average Bonchev–Trinajstić information content (AvgIpc) is 2.94. The number of hydrogen-bond donors (Lipinski definition) is 1. The quantitative estimate of drug-likeness (QED) is 0.576. The normalized spacial score (nSPS) is 16.7. The summed E-state index contributed by atoms with van der Waals surface area (Å²) in [6, 6.07) is 8.53. The molecule has 1 aliphatic rings. The summed E-state index contributed by atoms with van der Waals surface area (Å²) in [7, 11) is 0. The van der Waals surface area contributed by atoms with Crippen molar-refractivity contribution >= 4 is 34.1 Å². The van der Waals surface area contributed by atoms with Crippen molar-refractivity contribution in [1.29, 1.82) is 0 Å². The molecule has 24 heavy (non-hydrogen) atoms. The van der Waals surface area contributed by atoms with Gasteiger partial charge in [-0.1, -0.05) is 24.6 Å². The first-order valence-corrected chi connectivity index (χ1v) is 10.4. The minimum absolute atomic E-state index is 0.0821. The summed E-state index contributed by atoms with van der Waals surface area (Å²) in [6.45, 7) is 4.38. The molecule has 1 N–H and O–H groups in total. The third-order valence-corrected chi connectivity index (χ3v) is 6.40. The molecule has 128 valence electrons. The predicted octanol–water partition coefficient (Wildman–Crippen LogP) is 5.09. The van der Waals surface area contributed by atoms with Crippen molar-refractivity contribution in [2.45, 2.75) is 50.8 Å². The molecule has 3 rings (SSSR count). The Kier molecular flexibility index (Phi) is 5.95. The van der Waals surface area contributed by atoms with Crippen LogP contribution in [0.3, 0.4) is 0 Å². The number of carbonyl (C=O) groups is 1. The predicted molar refractivity (Wildman–Crippen MR) is 103 cm³/mol. The van der Waals surface area contributed by atoms with Crippen LogP contribution in [0.2, 0.25) is 0 Å². The van der Waals surface area contributed by atoms with Gasteiger partial charge in [-0.05, 0) is 56.4 Å². The highest BCUT2D eigenvalue weighted by molar-refractivity contribution is 7.99. The van der Waals surface area contributed by atoms with Crippen LogP contribution in [0, 0.1) is 12.8 Å². The minimum atomic E-state index is 0.0821. The Labute approximate surface area is 152 Å². The van der Waals surface area contributed by atoms with Crippen LogP contribution in [0.5, 0.6) is 0 Å². The Hall–Kier alpha value is -1.33. The van der Waals surface area contributed by atoms with Crippen molar-refractivity contribution in [3.63, 3.8) is 0 Å². The fourth-order valence-electron chi connectivity index (χ4n) is 2.83. The first kappa shape index (κ1) is 17.5. The van der Waals surface area contributed by atoms with Gasteiger partial charge in [0.2, 0.25) is 5.91 Å². The summed E-state index contributed by atoms with van der Waals surface area (Å²) >= 11 is 3.46. The van der Waals surface area contributed by atoms with Crippen LogP contribution in [-0.2, 0) is 17.6 Å². The number of thiazole rings is 1. The lowest BCUT2D eigenvalue weighted by Gasteiger charge is -2.15. The van der Waals surface area contributed by atoms with E-state index in [1.807, 2.05) is 0 Å². The lowest BCUT2D eigenvalue weighted by atomic mass is 9.93. The molecule has 1 unspecified atom stereocenters. The van der Waals surface area contributed by atoms with E-state index >= 15 is 0 Å². The number of anilines is 1. The van der Waals surface area contributed by atoms with Crippen molar-refractivity contribution in [3.8, 4) is 0 Å². The van der Waals surface area contributed by atoms with E-state index in [1.54, 1.807) is 23.1 Å². The third-order valence-electron chi connectivity index (χ3n) is 4.27. The van der Waals surface area contributed by atoms with Crippen molar-refractivity contribution in [2.75, 3.05) is 11.1 Å². The summed E-state index contributed by atoms with van der Waals surface area (Å²) in [5, 5.41) is 3.76. The first-order chi connectivity index (χ1) is 11.6.